The van der Waals surface area contributed by atoms with Crippen LogP contribution in [-0.4, -0.2) is 31.1 Å². The Morgan fingerprint density at radius 2 is 2.04 bits per heavy atom. The third kappa shape index (κ3) is 3.33. The summed E-state index contributed by atoms with van der Waals surface area (Å²) in [6.07, 6.45) is 0.552. The number of rotatable bonds is 5. The first-order valence-corrected chi connectivity index (χ1v) is 7.99. The molecule has 0 radical (unpaired) electrons. The van der Waals surface area contributed by atoms with Crippen LogP contribution in [0.2, 0.25) is 5.02 Å². The van der Waals surface area contributed by atoms with E-state index in [0.29, 0.717) is 23.7 Å². The summed E-state index contributed by atoms with van der Waals surface area (Å²) in [7, 11) is 1.67. The minimum absolute atomic E-state index is 0.0282. The van der Waals surface area contributed by atoms with Gasteiger partial charge >= 0.3 is 0 Å². The third-order valence-corrected chi connectivity index (χ3v) is 4.17. The molecule has 4 nitrogen and oxygen atoms in total. The molecular weight excluding hydrogens is 312 g/mol. The number of ether oxygens (including phenoxy) is 1. The van der Waals surface area contributed by atoms with Crippen molar-refractivity contribution in [2.75, 3.05) is 25.6 Å². The van der Waals surface area contributed by atoms with Crippen LogP contribution in [0.15, 0.2) is 48.5 Å². The fourth-order valence-corrected chi connectivity index (χ4v) is 3.04. The molecule has 1 N–H and O–H groups in total. The zero-order chi connectivity index (χ0) is 16.2. The summed E-state index contributed by atoms with van der Waals surface area (Å²) >= 11 is 6.12. The van der Waals surface area contributed by atoms with E-state index in [1.165, 1.54) is 0 Å². The van der Waals surface area contributed by atoms with Crippen molar-refractivity contribution < 1.29 is 9.53 Å². The van der Waals surface area contributed by atoms with E-state index in [-0.39, 0.29) is 12.1 Å². The molecule has 0 aliphatic carbocycles. The number of para-hydroxylation sites is 1. The number of carbonyl (C=O) groups excluding carboxylic acids is 1. The smallest absolute Gasteiger partial charge is 0.257 e. The molecule has 1 atom stereocenters. The zero-order valence-corrected chi connectivity index (χ0v) is 13.7. The summed E-state index contributed by atoms with van der Waals surface area (Å²) in [4.78, 5) is 14.7. The maximum absolute atomic E-state index is 12.9. The largest absolute Gasteiger partial charge is 0.385 e. The number of carbonyl (C=O) groups is 1. The Hall–Kier alpha value is -2.04. The first kappa shape index (κ1) is 15.8. The van der Waals surface area contributed by atoms with Crippen molar-refractivity contribution in [2.45, 2.75) is 12.6 Å². The molecule has 1 aliphatic heterocycles. The van der Waals surface area contributed by atoms with E-state index in [1.807, 2.05) is 53.4 Å². The molecule has 2 aromatic rings. The quantitative estimate of drug-likeness (QED) is 0.844. The lowest BCUT2D eigenvalue weighted by molar-refractivity contribution is 0.0660. The Kier molecular flexibility index (Phi) is 4.84. The van der Waals surface area contributed by atoms with Crippen molar-refractivity contribution in [2.24, 2.45) is 0 Å². The Balaban J connectivity index is 1.95. The number of amides is 1. The molecule has 0 aromatic heterocycles. The van der Waals surface area contributed by atoms with Crippen molar-refractivity contribution in [3.8, 4) is 0 Å². The van der Waals surface area contributed by atoms with Gasteiger partial charge in [0.25, 0.3) is 5.91 Å². The molecule has 0 saturated carbocycles. The summed E-state index contributed by atoms with van der Waals surface area (Å²) in [5.41, 5.74) is 2.52. The molecule has 0 fully saturated rings. The fraction of sp³-hybridized carbons (Fsp3) is 0.278. The molecule has 0 spiro atoms. The van der Waals surface area contributed by atoms with E-state index in [2.05, 4.69) is 5.32 Å². The number of methoxy groups -OCH3 is 1. The van der Waals surface area contributed by atoms with Crippen molar-refractivity contribution in [1.82, 2.24) is 4.90 Å². The summed E-state index contributed by atoms with van der Waals surface area (Å²) in [6.45, 7) is 1.24. The number of benzene rings is 2. The second-order valence-electron chi connectivity index (χ2n) is 5.49. The molecule has 1 heterocycles. The van der Waals surface area contributed by atoms with Crippen LogP contribution in [-0.2, 0) is 4.74 Å². The predicted octanol–water partition coefficient (Wildman–Crippen LogP) is 3.94. The van der Waals surface area contributed by atoms with Crippen LogP contribution in [0, 0.1) is 0 Å². The van der Waals surface area contributed by atoms with E-state index in [9.17, 15) is 4.79 Å². The molecular formula is C18H19ClN2O2. The van der Waals surface area contributed by atoms with Crippen LogP contribution in [0.25, 0.3) is 0 Å². The van der Waals surface area contributed by atoms with Gasteiger partial charge in [-0.3, -0.25) is 4.79 Å². The van der Waals surface area contributed by atoms with Crippen molar-refractivity contribution in [1.29, 1.82) is 0 Å². The van der Waals surface area contributed by atoms with E-state index in [0.717, 1.165) is 17.7 Å². The van der Waals surface area contributed by atoms with Gasteiger partial charge in [-0.2, -0.15) is 0 Å². The molecule has 1 unspecified atom stereocenters. The van der Waals surface area contributed by atoms with Crippen LogP contribution >= 0.6 is 11.6 Å². The van der Waals surface area contributed by atoms with Crippen molar-refractivity contribution in [3.63, 3.8) is 0 Å². The minimum atomic E-state index is -0.229. The van der Waals surface area contributed by atoms with Gasteiger partial charge < -0.3 is 15.0 Å². The van der Waals surface area contributed by atoms with Gasteiger partial charge in [0.2, 0.25) is 0 Å². The van der Waals surface area contributed by atoms with Gasteiger partial charge in [0.1, 0.15) is 6.17 Å². The van der Waals surface area contributed by atoms with Crippen molar-refractivity contribution >= 4 is 23.2 Å². The lowest BCUT2D eigenvalue weighted by Crippen LogP contribution is -2.43. The lowest BCUT2D eigenvalue weighted by atomic mass is 10.0. The SMILES string of the molecule is COCCCN1C(=O)c2ccccc2NC1c1cccc(Cl)c1. The van der Waals surface area contributed by atoms with Crippen LogP contribution in [0.4, 0.5) is 5.69 Å². The standard InChI is InChI=1S/C18H19ClN2O2/c1-23-11-5-10-21-17(13-6-4-7-14(19)12-13)20-16-9-3-2-8-15(16)18(21)22/h2-4,6-9,12,17,20H,5,10-11H2,1H3. The highest BCUT2D eigenvalue weighted by molar-refractivity contribution is 6.30. The Labute approximate surface area is 141 Å². The van der Waals surface area contributed by atoms with Gasteiger partial charge in [-0.05, 0) is 36.2 Å². The number of anilines is 1. The third-order valence-electron chi connectivity index (χ3n) is 3.93. The molecule has 2 aromatic carbocycles. The molecule has 1 amide bonds. The highest BCUT2D eigenvalue weighted by atomic mass is 35.5. The van der Waals surface area contributed by atoms with E-state index in [4.69, 9.17) is 16.3 Å². The normalized spacial score (nSPS) is 16.9. The van der Waals surface area contributed by atoms with Gasteiger partial charge in [-0.1, -0.05) is 35.9 Å². The van der Waals surface area contributed by atoms with Gasteiger partial charge in [-0.15, -0.1) is 0 Å². The topological polar surface area (TPSA) is 41.6 Å². The number of halogens is 1. The van der Waals surface area contributed by atoms with Crippen molar-refractivity contribution in [3.05, 3.63) is 64.7 Å². The fourth-order valence-electron chi connectivity index (χ4n) is 2.84. The monoisotopic (exact) mass is 330 g/mol. The first-order chi connectivity index (χ1) is 11.2. The summed E-state index contributed by atoms with van der Waals surface area (Å²) in [5, 5.41) is 4.11. The van der Waals surface area contributed by atoms with Crippen LogP contribution in [0.1, 0.15) is 28.5 Å². The second-order valence-corrected chi connectivity index (χ2v) is 5.93. The summed E-state index contributed by atoms with van der Waals surface area (Å²) < 4.78 is 5.12. The maximum Gasteiger partial charge on any atom is 0.257 e. The molecule has 1 aliphatic rings. The Morgan fingerprint density at radius 3 is 2.83 bits per heavy atom. The summed E-state index contributed by atoms with van der Waals surface area (Å²) in [5.74, 6) is 0.0282. The molecule has 0 saturated heterocycles. The second kappa shape index (κ2) is 7.02. The average molecular weight is 331 g/mol. The van der Waals surface area contributed by atoms with E-state index >= 15 is 0 Å². The van der Waals surface area contributed by atoms with Gasteiger partial charge in [-0.25, -0.2) is 0 Å². The number of nitrogens with zero attached hydrogens (tertiary/aromatic N) is 1. The average Bonchev–Trinajstić information content (AvgIpc) is 2.57. The lowest BCUT2D eigenvalue weighted by Gasteiger charge is -2.38. The molecule has 5 heteroatoms. The molecule has 3 rings (SSSR count). The van der Waals surface area contributed by atoms with Crippen LogP contribution in [0.3, 0.4) is 0 Å². The highest BCUT2D eigenvalue weighted by Crippen LogP contribution is 2.33. The first-order valence-electron chi connectivity index (χ1n) is 7.61. The number of hydrogen-bond acceptors (Lipinski definition) is 3. The predicted molar refractivity (Wildman–Crippen MR) is 91.8 cm³/mol. The Bertz CT molecular complexity index is 705. The maximum atomic E-state index is 12.9. The van der Waals surface area contributed by atoms with E-state index in [1.54, 1.807) is 7.11 Å². The molecule has 0 bridgehead atoms. The van der Waals surface area contributed by atoms with E-state index < -0.39 is 0 Å². The van der Waals surface area contributed by atoms with Crippen LogP contribution < -0.4 is 5.32 Å². The van der Waals surface area contributed by atoms with Gasteiger partial charge in [0, 0.05) is 31.0 Å². The molecule has 120 valence electrons. The van der Waals surface area contributed by atoms with Crippen LogP contribution in [0.5, 0.6) is 0 Å². The van der Waals surface area contributed by atoms with Gasteiger partial charge in [0.05, 0.1) is 5.56 Å². The number of hydrogen-bond donors (Lipinski definition) is 1. The molecule has 23 heavy (non-hydrogen) atoms. The number of fused-ring (bicyclic) bond motifs is 1. The van der Waals surface area contributed by atoms with Gasteiger partial charge in [0.15, 0.2) is 0 Å². The zero-order valence-electron chi connectivity index (χ0n) is 13.0. The summed E-state index contributed by atoms with van der Waals surface area (Å²) in [6, 6.07) is 15.2. The Morgan fingerprint density at radius 1 is 1.22 bits per heavy atom. The number of nitrogens with one attached hydrogen (secondary N) is 1. The minimum Gasteiger partial charge on any atom is -0.385 e. The highest BCUT2D eigenvalue weighted by Gasteiger charge is 2.32.